The average Bonchev–Trinajstić information content (AvgIpc) is 2.63. The molecule has 1 aliphatic rings. The molecular weight excluding hydrogens is 341 g/mol. The zero-order valence-corrected chi connectivity index (χ0v) is 14.8. The van der Waals surface area contributed by atoms with Crippen LogP contribution in [0.3, 0.4) is 0 Å². The highest BCUT2D eigenvalue weighted by atomic mass is 19.4. The number of rotatable bonds is 5. The van der Waals surface area contributed by atoms with E-state index in [4.69, 9.17) is 0 Å². The van der Waals surface area contributed by atoms with E-state index in [1.165, 1.54) is 12.1 Å². The van der Waals surface area contributed by atoms with Crippen LogP contribution in [0, 0.1) is 0 Å². The van der Waals surface area contributed by atoms with Gasteiger partial charge >= 0.3 is 6.18 Å². The molecule has 1 saturated heterocycles. The zero-order chi connectivity index (χ0) is 18.6. The third-order valence-corrected chi connectivity index (χ3v) is 4.69. The SMILES string of the molecule is CN1CCN(CCCc2ccnc(-c3ccccc3C(F)(F)F)n2)CC1. The maximum Gasteiger partial charge on any atom is 0.417 e. The highest BCUT2D eigenvalue weighted by molar-refractivity contribution is 5.61. The topological polar surface area (TPSA) is 32.3 Å². The lowest BCUT2D eigenvalue weighted by molar-refractivity contribution is -0.137. The van der Waals surface area contributed by atoms with E-state index in [1.807, 2.05) is 0 Å². The highest BCUT2D eigenvalue weighted by Gasteiger charge is 2.34. The number of piperazine rings is 1. The van der Waals surface area contributed by atoms with Crippen molar-refractivity contribution in [1.82, 2.24) is 19.8 Å². The van der Waals surface area contributed by atoms with Crippen molar-refractivity contribution in [3.63, 3.8) is 0 Å². The number of halogens is 3. The Labute approximate surface area is 151 Å². The average molecular weight is 364 g/mol. The summed E-state index contributed by atoms with van der Waals surface area (Å²) in [6, 6.07) is 7.23. The number of nitrogens with zero attached hydrogens (tertiary/aromatic N) is 4. The van der Waals surface area contributed by atoms with E-state index < -0.39 is 11.7 Å². The normalized spacial score (nSPS) is 16.8. The molecule has 0 unspecified atom stereocenters. The standard InChI is InChI=1S/C19H23F3N4/c1-25-11-13-26(14-12-25)10-4-5-15-8-9-23-18(24-15)16-6-2-3-7-17(16)19(20,21)22/h2-3,6-9H,4-5,10-14H2,1H3. The number of hydrogen-bond donors (Lipinski definition) is 0. The van der Waals surface area contributed by atoms with Crippen LogP contribution in [0.1, 0.15) is 17.7 Å². The van der Waals surface area contributed by atoms with E-state index in [0.29, 0.717) is 0 Å². The van der Waals surface area contributed by atoms with E-state index in [1.54, 1.807) is 18.3 Å². The lowest BCUT2D eigenvalue weighted by Crippen LogP contribution is -2.44. The van der Waals surface area contributed by atoms with Gasteiger partial charge < -0.3 is 9.80 Å². The third-order valence-electron chi connectivity index (χ3n) is 4.69. The Morgan fingerprint density at radius 1 is 1.04 bits per heavy atom. The van der Waals surface area contributed by atoms with Gasteiger partial charge in [0.2, 0.25) is 0 Å². The van der Waals surface area contributed by atoms with Gasteiger partial charge in [-0.3, -0.25) is 0 Å². The van der Waals surface area contributed by atoms with Crippen LogP contribution in [0.25, 0.3) is 11.4 Å². The van der Waals surface area contributed by atoms with E-state index >= 15 is 0 Å². The van der Waals surface area contributed by atoms with Gasteiger partial charge in [-0.15, -0.1) is 0 Å². The largest absolute Gasteiger partial charge is 0.417 e. The maximum absolute atomic E-state index is 13.2. The molecule has 0 amide bonds. The van der Waals surface area contributed by atoms with Gasteiger partial charge in [-0.05, 0) is 38.6 Å². The molecule has 0 aliphatic carbocycles. The second-order valence-electron chi connectivity index (χ2n) is 6.66. The molecule has 4 nitrogen and oxygen atoms in total. The number of alkyl halides is 3. The Balaban J connectivity index is 1.66. The minimum atomic E-state index is -4.42. The summed E-state index contributed by atoms with van der Waals surface area (Å²) in [6.07, 6.45) is -1.21. The molecule has 0 bridgehead atoms. The molecule has 140 valence electrons. The molecule has 0 N–H and O–H groups in total. The molecule has 26 heavy (non-hydrogen) atoms. The van der Waals surface area contributed by atoms with Gasteiger partial charge in [0.15, 0.2) is 5.82 Å². The van der Waals surface area contributed by atoms with E-state index in [9.17, 15) is 13.2 Å². The van der Waals surface area contributed by atoms with Crippen LogP contribution in [-0.4, -0.2) is 59.5 Å². The van der Waals surface area contributed by atoms with Gasteiger partial charge in [-0.2, -0.15) is 13.2 Å². The summed E-state index contributed by atoms with van der Waals surface area (Å²) < 4.78 is 39.6. The van der Waals surface area contributed by atoms with Crippen molar-refractivity contribution in [2.45, 2.75) is 19.0 Å². The molecule has 2 aromatic rings. The van der Waals surface area contributed by atoms with Crippen LogP contribution < -0.4 is 0 Å². The molecule has 1 fully saturated rings. The fourth-order valence-corrected chi connectivity index (χ4v) is 3.15. The molecular formula is C19H23F3N4. The minimum absolute atomic E-state index is 0.0286. The minimum Gasteiger partial charge on any atom is -0.304 e. The maximum atomic E-state index is 13.2. The third kappa shape index (κ3) is 4.80. The van der Waals surface area contributed by atoms with Crippen molar-refractivity contribution in [2.24, 2.45) is 0 Å². The molecule has 0 radical (unpaired) electrons. The molecule has 0 spiro atoms. The van der Waals surface area contributed by atoms with Crippen molar-refractivity contribution in [3.8, 4) is 11.4 Å². The molecule has 0 saturated carbocycles. The van der Waals surface area contributed by atoms with Gasteiger partial charge in [0.25, 0.3) is 0 Å². The number of benzene rings is 1. The summed E-state index contributed by atoms with van der Waals surface area (Å²) in [5, 5.41) is 0. The number of likely N-dealkylation sites (N-methyl/N-ethyl adjacent to an activating group) is 1. The second-order valence-corrected chi connectivity index (χ2v) is 6.66. The van der Waals surface area contributed by atoms with Crippen molar-refractivity contribution in [1.29, 1.82) is 0 Å². The number of aromatic nitrogens is 2. The second kappa shape index (κ2) is 8.14. The van der Waals surface area contributed by atoms with E-state index in [2.05, 4.69) is 26.8 Å². The molecule has 1 aliphatic heterocycles. The lowest BCUT2D eigenvalue weighted by Gasteiger charge is -2.32. The molecule has 0 atom stereocenters. The fraction of sp³-hybridized carbons (Fsp3) is 0.474. The van der Waals surface area contributed by atoms with Gasteiger partial charge in [0.05, 0.1) is 5.56 Å². The van der Waals surface area contributed by atoms with Crippen LogP contribution >= 0.6 is 0 Å². The Hall–Kier alpha value is -1.99. The van der Waals surface area contributed by atoms with Crippen molar-refractivity contribution in [3.05, 3.63) is 47.8 Å². The molecule has 2 heterocycles. The van der Waals surface area contributed by atoms with Crippen LogP contribution in [-0.2, 0) is 12.6 Å². The molecule has 1 aromatic heterocycles. The monoisotopic (exact) mass is 364 g/mol. The predicted octanol–water partition coefficient (Wildman–Crippen LogP) is 3.34. The molecule has 1 aromatic carbocycles. The summed E-state index contributed by atoms with van der Waals surface area (Å²) in [5.74, 6) is 0.134. The van der Waals surface area contributed by atoms with Gasteiger partial charge in [-0.1, -0.05) is 18.2 Å². The van der Waals surface area contributed by atoms with E-state index in [0.717, 1.165) is 57.3 Å². The lowest BCUT2D eigenvalue weighted by atomic mass is 10.1. The summed E-state index contributed by atoms with van der Waals surface area (Å²) in [4.78, 5) is 13.2. The summed E-state index contributed by atoms with van der Waals surface area (Å²) >= 11 is 0. The Morgan fingerprint density at radius 3 is 2.50 bits per heavy atom. The van der Waals surface area contributed by atoms with Crippen LogP contribution in [0.4, 0.5) is 13.2 Å². The fourth-order valence-electron chi connectivity index (χ4n) is 3.15. The number of aryl methyl sites for hydroxylation is 1. The Morgan fingerprint density at radius 2 is 1.77 bits per heavy atom. The van der Waals surface area contributed by atoms with Gasteiger partial charge in [0, 0.05) is 43.6 Å². The first kappa shape index (κ1) is 18.8. The summed E-state index contributed by atoms with van der Waals surface area (Å²) in [5.41, 5.74) is 0.108. The van der Waals surface area contributed by atoms with Crippen molar-refractivity contribution < 1.29 is 13.2 Å². The van der Waals surface area contributed by atoms with Crippen molar-refractivity contribution >= 4 is 0 Å². The molecule has 3 rings (SSSR count). The summed E-state index contributed by atoms with van der Waals surface area (Å²) in [7, 11) is 2.12. The predicted molar refractivity (Wildman–Crippen MR) is 94.7 cm³/mol. The first-order chi connectivity index (χ1) is 12.4. The highest BCUT2D eigenvalue weighted by Crippen LogP contribution is 2.35. The first-order valence-electron chi connectivity index (χ1n) is 8.83. The Bertz CT molecular complexity index is 725. The Kier molecular flexibility index (Phi) is 5.88. The molecule has 7 heteroatoms. The quantitative estimate of drug-likeness (QED) is 0.815. The summed E-state index contributed by atoms with van der Waals surface area (Å²) in [6.45, 7) is 5.25. The first-order valence-corrected chi connectivity index (χ1v) is 8.83. The van der Waals surface area contributed by atoms with Crippen LogP contribution in [0.15, 0.2) is 36.5 Å². The van der Waals surface area contributed by atoms with E-state index in [-0.39, 0.29) is 11.4 Å². The van der Waals surface area contributed by atoms with Gasteiger partial charge in [-0.25, -0.2) is 9.97 Å². The number of hydrogen-bond acceptors (Lipinski definition) is 4. The zero-order valence-electron chi connectivity index (χ0n) is 14.8. The van der Waals surface area contributed by atoms with Crippen LogP contribution in [0.2, 0.25) is 0 Å². The smallest absolute Gasteiger partial charge is 0.304 e. The van der Waals surface area contributed by atoms with Crippen LogP contribution in [0.5, 0.6) is 0 Å². The van der Waals surface area contributed by atoms with Gasteiger partial charge in [0.1, 0.15) is 0 Å². The van der Waals surface area contributed by atoms with Crippen molar-refractivity contribution in [2.75, 3.05) is 39.8 Å².